The Labute approximate surface area is 165 Å². The van der Waals surface area contributed by atoms with Crippen LogP contribution in [-0.4, -0.2) is 28.8 Å². The number of alkyl halides is 3. The number of amides is 2. The summed E-state index contributed by atoms with van der Waals surface area (Å²) in [5.41, 5.74) is 3.26. The second-order valence-electron chi connectivity index (χ2n) is 6.75. The van der Waals surface area contributed by atoms with Gasteiger partial charge >= 0.3 is 18.0 Å². The molecule has 1 aliphatic rings. The molecule has 0 aromatic heterocycles. The minimum absolute atomic E-state index is 0.000285. The van der Waals surface area contributed by atoms with Gasteiger partial charge in [0.25, 0.3) is 0 Å². The zero-order valence-electron chi connectivity index (χ0n) is 15.6. The van der Waals surface area contributed by atoms with Crippen molar-refractivity contribution in [3.05, 3.63) is 70.8 Å². The largest absolute Gasteiger partial charge is 0.458 e. The molecule has 2 aromatic rings. The molecule has 6 nitrogen and oxygen atoms in total. The van der Waals surface area contributed by atoms with Crippen LogP contribution in [0.2, 0.25) is 0 Å². The lowest BCUT2D eigenvalue weighted by Gasteiger charge is -2.22. The highest BCUT2D eigenvalue weighted by Crippen LogP contribution is 2.38. The summed E-state index contributed by atoms with van der Waals surface area (Å²) in [5.74, 6) is -3.29. The number of hydrogen-bond acceptors (Lipinski definition) is 4. The number of nitrogens with zero attached hydrogens (tertiary/aromatic N) is 1. The van der Waals surface area contributed by atoms with E-state index >= 15 is 0 Å². The maximum Gasteiger partial charge on any atom is 0.458 e. The number of oxime groups is 1. The Morgan fingerprint density at radius 3 is 2.41 bits per heavy atom. The van der Waals surface area contributed by atoms with Crippen LogP contribution in [0.5, 0.6) is 0 Å². The number of carbonyl (C=O) groups is 1. The SMILES string of the molecule is Cc1ccccc1CNC(=O)NCc1ccc(C2=NOC(O)(C(F)(F)F)C2)cc1. The maximum absolute atomic E-state index is 12.8. The molecule has 1 unspecified atom stereocenters. The molecule has 0 bridgehead atoms. The molecule has 0 saturated heterocycles. The van der Waals surface area contributed by atoms with Crippen LogP contribution in [0.1, 0.15) is 28.7 Å². The normalized spacial score (nSPS) is 18.7. The van der Waals surface area contributed by atoms with Crippen molar-refractivity contribution in [1.29, 1.82) is 0 Å². The topological polar surface area (TPSA) is 83.0 Å². The van der Waals surface area contributed by atoms with Gasteiger partial charge < -0.3 is 20.6 Å². The van der Waals surface area contributed by atoms with Gasteiger partial charge in [0.15, 0.2) is 0 Å². The van der Waals surface area contributed by atoms with E-state index in [0.29, 0.717) is 12.1 Å². The summed E-state index contributed by atoms with van der Waals surface area (Å²) >= 11 is 0. The van der Waals surface area contributed by atoms with E-state index in [1.165, 1.54) is 0 Å². The van der Waals surface area contributed by atoms with E-state index in [4.69, 9.17) is 0 Å². The number of aliphatic hydroxyl groups is 1. The van der Waals surface area contributed by atoms with Crippen molar-refractivity contribution in [2.24, 2.45) is 5.16 Å². The van der Waals surface area contributed by atoms with Crippen LogP contribution >= 0.6 is 0 Å². The molecule has 0 spiro atoms. The lowest BCUT2D eigenvalue weighted by atomic mass is 10.0. The van der Waals surface area contributed by atoms with Crippen LogP contribution in [0.3, 0.4) is 0 Å². The number of halogens is 3. The third-order valence-corrected chi connectivity index (χ3v) is 4.60. The van der Waals surface area contributed by atoms with Crippen LogP contribution in [0, 0.1) is 6.92 Å². The summed E-state index contributed by atoms with van der Waals surface area (Å²) in [6.07, 6.45) is -5.72. The maximum atomic E-state index is 12.8. The molecule has 154 valence electrons. The Morgan fingerprint density at radius 2 is 1.79 bits per heavy atom. The zero-order chi connectivity index (χ0) is 21.1. The highest BCUT2D eigenvalue weighted by Gasteiger charge is 2.60. The molecule has 0 fully saturated rings. The Bertz CT molecular complexity index is 913. The average molecular weight is 407 g/mol. The van der Waals surface area contributed by atoms with E-state index in [0.717, 1.165) is 16.7 Å². The molecular weight excluding hydrogens is 387 g/mol. The Morgan fingerprint density at radius 1 is 1.14 bits per heavy atom. The van der Waals surface area contributed by atoms with Gasteiger partial charge in [-0.3, -0.25) is 0 Å². The van der Waals surface area contributed by atoms with E-state index < -0.39 is 18.4 Å². The first-order valence-electron chi connectivity index (χ1n) is 8.88. The van der Waals surface area contributed by atoms with Gasteiger partial charge in [0.05, 0.1) is 12.1 Å². The number of nitrogens with one attached hydrogen (secondary N) is 2. The van der Waals surface area contributed by atoms with Crippen LogP contribution in [0.25, 0.3) is 0 Å². The molecule has 3 N–H and O–H groups in total. The van der Waals surface area contributed by atoms with Gasteiger partial charge in [-0.15, -0.1) is 0 Å². The number of hydrogen-bond donors (Lipinski definition) is 3. The number of urea groups is 1. The third-order valence-electron chi connectivity index (χ3n) is 4.60. The van der Waals surface area contributed by atoms with Crippen molar-refractivity contribution in [1.82, 2.24) is 10.6 Å². The lowest BCUT2D eigenvalue weighted by Crippen LogP contribution is -2.45. The molecule has 1 atom stereocenters. The van der Waals surface area contributed by atoms with Crippen LogP contribution in [0.15, 0.2) is 53.7 Å². The standard InChI is InChI=1S/C20H20F3N3O3/c1-13-4-2-3-5-16(13)12-25-18(27)24-11-14-6-8-15(9-7-14)17-10-19(28,29-26-17)20(21,22)23/h2-9,28H,10-12H2,1H3,(H2,24,25,27). The Hall–Kier alpha value is -3.07. The number of aryl methyl sites for hydroxylation is 1. The smallest absolute Gasteiger partial charge is 0.350 e. The van der Waals surface area contributed by atoms with E-state index in [1.54, 1.807) is 24.3 Å². The second kappa shape index (κ2) is 8.12. The molecule has 2 aromatic carbocycles. The summed E-state index contributed by atoms with van der Waals surface area (Å²) in [5, 5.41) is 18.3. The van der Waals surface area contributed by atoms with Crippen molar-refractivity contribution in [3.63, 3.8) is 0 Å². The van der Waals surface area contributed by atoms with Crippen molar-refractivity contribution in [2.75, 3.05) is 0 Å². The van der Waals surface area contributed by atoms with Gasteiger partial charge in [-0.2, -0.15) is 13.2 Å². The predicted molar refractivity (Wildman–Crippen MR) is 99.9 cm³/mol. The molecule has 3 rings (SSSR count). The van der Waals surface area contributed by atoms with Crippen molar-refractivity contribution >= 4 is 11.7 Å². The van der Waals surface area contributed by atoms with E-state index in [1.807, 2.05) is 31.2 Å². The third kappa shape index (κ3) is 4.86. The fourth-order valence-corrected chi connectivity index (χ4v) is 2.77. The Kier molecular flexibility index (Phi) is 5.78. The number of benzene rings is 2. The van der Waals surface area contributed by atoms with E-state index in [-0.39, 0.29) is 18.3 Å². The Balaban J connectivity index is 1.50. The molecule has 29 heavy (non-hydrogen) atoms. The first kappa shape index (κ1) is 20.7. The van der Waals surface area contributed by atoms with Crippen LogP contribution in [0.4, 0.5) is 18.0 Å². The van der Waals surface area contributed by atoms with Gasteiger partial charge in [-0.25, -0.2) is 4.79 Å². The fourth-order valence-electron chi connectivity index (χ4n) is 2.77. The molecule has 1 aliphatic heterocycles. The van der Waals surface area contributed by atoms with Gasteiger partial charge in [0.1, 0.15) is 0 Å². The van der Waals surface area contributed by atoms with Gasteiger partial charge in [-0.1, -0.05) is 53.7 Å². The number of rotatable bonds is 5. The van der Waals surface area contributed by atoms with Crippen molar-refractivity contribution < 1.29 is 27.9 Å². The highest BCUT2D eigenvalue weighted by molar-refractivity contribution is 6.01. The predicted octanol–water partition coefficient (Wildman–Crippen LogP) is 3.37. The molecule has 0 saturated carbocycles. The number of carbonyl (C=O) groups excluding carboxylic acids is 1. The average Bonchev–Trinajstić information content (AvgIpc) is 3.10. The summed E-state index contributed by atoms with van der Waals surface area (Å²) in [6, 6.07) is 13.8. The van der Waals surface area contributed by atoms with Gasteiger partial charge in [0.2, 0.25) is 0 Å². The van der Waals surface area contributed by atoms with Gasteiger partial charge in [0, 0.05) is 13.1 Å². The zero-order valence-corrected chi connectivity index (χ0v) is 15.6. The first-order chi connectivity index (χ1) is 13.7. The van der Waals surface area contributed by atoms with Crippen molar-refractivity contribution in [2.45, 2.75) is 38.4 Å². The van der Waals surface area contributed by atoms with Crippen LogP contribution < -0.4 is 10.6 Å². The van der Waals surface area contributed by atoms with Crippen molar-refractivity contribution in [3.8, 4) is 0 Å². The summed E-state index contributed by atoms with van der Waals surface area (Å²) in [7, 11) is 0. The fraction of sp³-hybridized carbons (Fsp3) is 0.300. The molecule has 9 heteroatoms. The first-order valence-corrected chi connectivity index (χ1v) is 8.88. The second-order valence-corrected chi connectivity index (χ2v) is 6.75. The summed E-state index contributed by atoms with van der Waals surface area (Å²) < 4.78 is 38.3. The van der Waals surface area contributed by atoms with E-state index in [2.05, 4.69) is 20.6 Å². The lowest BCUT2D eigenvalue weighted by molar-refractivity contribution is -0.355. The molecular formula is C20H20F3N3O3. The molecule has 1 heterocycles. The molecule has 2 amide bonds. The molecule has 0 radical (unpaired) electrons. The van der Waals surface area contributed by atoms with E-state index in [9.17, 15) is 23.1 Å². The minimum Gasteiger partial charge on any atom is -0.350 e. The minimum atomic E-state index is -4.94. The summed E-state index contributed by atoms with van der Waals surface area (Å²) in [6.45, 7) is 2.61. The van der Waals surface area contributed by atoms with Crippen LogP contribution in [-0.2, 0) is 17.9 Å². The monoisotopic (exact) mass is 407 g/mol. The highest BCUT2D eigenvalue weighted by atomic mass is 19.4. The molecule has 0 aliphatic carbocycles. The van der Waals surface area contributed by atoms with Gasteiger partial charge in [-0.05, 0) is 29.2 Å². The summed E-state index contributed by atoms with van der Waals surface area (Å²) in [4.78, 5) is 16.2. The quantitative estimate of drug-likeness (QED) is 0.711.